The number of nitrogens with zero attached hydrogens (tertiary/aromatic N) is 2. The Hall–Kier alpha value is 0.620. The number of fused-ring (bicyclic) bond motifs is 1. The van der Waals surface area contributed by atoms with Crippen molar-refractivity contribution in [3.05, 3.63) is 0 Å². The largest absolute Gasteiger partial charge is 0.298 e. The van der Waals surface area contributed by atoms with Gasteiger partial charge in [0.2, 0.25) is 0 Å². The molecule has 0 aromatic rings. The molecule has 0 radical (unpaired) electrons. The van der Waals surface area contributed by atoms with Crippen LogP contribution in [0.4, 0.5) is 0 Å². The van der Waals surface area contributed by atoms with E-state index in [1.807, 2.05) is 0 Å². The van der Waals surface area contributed by atoms with Gasteiger partial charge in [-0.3, -0.25) is 9.80 Å². The third kappa shape index (κ3) is 2.96. The summed E-state index contributed by atoms with van der Waals surface area (Å²) in [6.45, 7) is 7.77. The van der Waals surface area contributed by atoms with Crippen LogP contribution in [0.3, 0.4) is 0 Å². The highest BCUT2D eigenvalue weighted by atomic mass is 32.2. The van der Waals surface area contributed by atoms with Gasteiger partial charge in [0.15, 0.2) is 0 Å². The van der Waals surface area contributed by atoms with Crippen LogP contribution in [-0.4, -0.2) is 70.6 Å². The average molecular weight is 272 g/mol. The van der Waals surface area contributed by atoms with Gasteiger partial charge >= 0.3 is 0 Å². The Morgan fingerprint density at radius 1 is 1.24 bits per heavy atom. The van der Waals surface area contributed by atoms with Crippen molar-refractivity contribution in [3.8, 4) is 0 Å². The summed E-state index contributed by atoms with van der Waals surface area (Å²) in [5.74, 6) is 4.11. The van der Waals surface area contributed by atoms with E-state index in [1.54, 1.807) is 0 Å². The zero-order valence-corrected chi connectivity index (χ0v) is 12.4. The van der Waals surface area contributed by atoms with Crippen molar-refractivity contribution in [2.24, 2.45) is 0 Å². The lowest BCUT2D eigenvalue weighted by molar-refractivity contribution is 0.0609. The Morgan fingerprint density at radius 2 is 2.18 bits per heavy atom. The molecule has 0 aromatic carbocycles. The van der Waals surface area contributed by atoms with Crippen molar-refractivity contribution in [2.45, 2.75) is 37.1 Å². The molecule has 3 aliphatic heterocycles. The molecule has 3 unspecified atom stereocenters. The highest BCUT2D eigenvalue weighted by molar-refractivity contribution is 8.06. The molecule has 0 bridgehead atoms. The van der Waals surface area contributed by atoms with Gasteiger partial charge in [-0.1, -0.05) is 0 Å². The van der Waals surface area contributed by atoms with E-state index in [0.29, 0.717) is 0 Å². The topological polar surface area (TPSA) is 6.48 Å². The third-order valence-corrected chi connectivity index (χ3v) is 7.22. The van der Waals surface area contributed by atoms with Crippen LogP contribution >= 0.6 is 23.5 Å². The number of piperazine rings is 1. The van der Waals surface area contributed by atoms with E-state index in [1.165, 1.54) is 56.3 Å². The highest BCUT2D eigenvalue weighted by Crippen LogP contribution is 2.28. The summed E-state index contributed by atoms with van der Waals surface area (Å²) in [5.41, 5.74) is 0. The van der Waals surface area contributed by atoms with Crippen LogP contribution in [0, 0.1) is 0 Å². The van der Waals surface area contributed by atoms with Crippen LogP contribution in [0.1, 0.15) is 19.8 Å². The summed E-state index contributed by atoms with van der Waals surface area (Å²) >= 11 is 4.36. The Morgan fingerprint density at radius 3 is 3.00 bits per heavy atom. The molecule has 3 atom stereocenters. The fourth-order valence-electron chi connectivity index (χ4n) is 3.41. The van der Waals surface area contributed by atoms with Crippen LogP contribution < -0.4 is 0 Å². The minimum Gasteiger partial charge on any atom is -0.298 e. The molecular weight excluding hydrogens is 248 g/mol. The van der Waals surface area contributed by atoms with E-state index in [2.05, 4.69) is 40.2 Å². The van der Waals surface area contributed by atoms with E-state index < -0.39 is 0 Å². The van der Waals surface area contributed by atoms with Crippen molar-refractivity contribution < 1.29 is 0 Å². The van der Waals surface area contributed by atoms with Gasteiger partial charge in [0.1, 0.15) is 0 Å². The molecule has 3 fully saturated rings. The summed E-state index contributed by atoms with van der Waals surface area (Å²) in [5, 5.41) is 0.893. The SMILES string of the molecule is CC1CN2CCCC2CN1CC1CSCCS1. The van der Waals surface area contributed by atoms with Crippen molar-refractivity contribution in [1.82, 2.24) is 9.80 Å². The number of rotatable bonds is 2. The molecule has 2 nitrogen and oxygen atoms in total. The van der Waals surface area contributed by atoms with Gasteiger partial charge in [-0.25, -0.2) is 0 Å². The molecule has 3 saturated heterocycles. The summed E-state index contributed by atoms with van der Waals surface area (Å²) in [6.07, 6.45) is 2.87. The second-order valence-corrected chi connectivity index (χ2v) is 8.22. The minimum atomic E-state index is 0.775. The zero-order chi connectivity index (χ0) is 11.7. The molecule has 0 saturated carbocycles. The molecule has 4 heteroatoms. The molecular formula is C13H24N2S2. The second-order valence-electron chi connectivity index (χ2n) is 5.66. The number of hydrogen-bond acceptors (Lipinski definition) is 4. The first-order valence-electron chi connectivity index (χ1n) is 7.00. The standard InChI is InChI=1S/C13H24N2S2/c1-11-7-14-4-2-3-12(14)8-15(11)9-13-10-16-5-6-17-13/h11-13H,2-10H2,1H3. The van der Waals surface area contributed by atoms with Gasteiger partial charge in [-0.15, -0.1) is 0 Å². The summed E-state index contributed by atoms with van der Waals surface area (Å²) in [4.78, 5) is 5.50. The predicted octanol–water partition coefficient (Wildman–Crippen LogP) is 2.00. The molecule has 98 valence electrons. The summed E-state index contributed by atoms with van der Waals surface area (Å²) in [6, 6.07) is 1.66. The van der Waals surface area contributed by atoms with E-state index in [-0.39, 0.29) is 0 Å². The van der Waals surface area contributed by atoms with Crippen LogP contribution in [0.5, 0.6) is 0 Å². The lowest BCUT2D eigenvalue weighted by Crippen LogP contribution is -2.56. The molecule has 0 aliphatic carbocycles. The maximum absolute atomic E-state index is 2.77. The summed E-state index contributed by atoms with van der Waals surface area (Å²) < 4.78 is 0. The molecule has 3 rings (SSSR count). The Bertz CT molecular complexity index is 256. The van der Waals surface area contributed by atoms with Crippen molar-refractivity contribution in [1.29, 1.82) is 0 Å². The predicted molar refractivity (Wildman–Crippen MR) is 79.2 cm³/mol. The molecule has 3 aliphatic rings. The first-order valence-corrected chi connectivity index (χ1v) is 9.21. The molecule has 0 amide bonds. The minimum absolute atomic E-state index is 0.775. The number of thioether (sulfide) groups is 2. The van der Waals surface area contributed by atoms with E-state index in [9.17, 15) is 0 Å². The average Bonchev–Trinajstić information content (AvgIpc) is 2.78. The maximum atomic E-state index is 2.77. The highest BCUT2D eigenvalue weighted by Gasteiger charge is 2.35. The third-order valence-electron chi connectivity index (χ3n) is 4.39. The Balaban J connectivity index is 1.55. The van der Waals surface area contributed by atoms with Crippen LogP contribution in [0.15, 0.2) is 0 Å². The van der Waals surface area contributed by atoms with Gasteiger partial charge in [-0.05, 0) is 26.3 Å². The Labute approximate surface area is 114 Å². The quantitative estimate of drug-likeness (QED) is 0.758. The van der Waals surface area contributed by atoms with Gasteiger partial charge in [-0.2, -0.15) is 23.5 Å². The molecule has 0 spiro atoms. The van der Waals surface area contributed by atoms with Gasteiger partial charge in [0, 0.05) is 54.2 Å². The van der Waals surface area contributed by atoms with Gasteiger partial charge in [0.05, 0.1) is 0 Å². The van der Waals surface area contributed by atoms with Crippen molar-refractivity contribution in [2.75, 3.05) is 43.4 Å². The monoisotopic (exact) mass is 272 g/mol. The fourth-order valence-corrected chi connectivity index (χ4v) is 6.10. The van der Waals surface area contributed by atoms with Crippen molar-refractivity contribution >= 4 is 23.5 Å². The first kappa shape index (κ1) is 12.6. The molecule has 3 heterocycles. The number of hydrogen-bond donors (Lipinski definition) is 0. The zero-order valence-electron chi connectivity index (χ0n) is 10.8. The lowest BCUT2D eigenvalue weighted by Gasteiger charge is -2.43. The normalized spacial score (nSPS) is 40.4. The maximum Gasteiger partial charge on any atom is 0.0265 e. The molecule has 0 aromatic heterocycles. The van der Waals surface area contributed by atoms with Gasteiger partial charge in [0.25, 0.3) is 0 Å². The second kappa shape index (κ2) is 5.72. The van der Waals surface area contributed by atoms with E-state index in [0.717, 1.165) is 17.3 Å². The Kier molecular flexibility index (Phi) is 4.26. The van der Waals surface area contributed by atoms with E-state index in [4.69, 9.17) is 0 Å². The van der Waals surface area contributed by atoms with Gasteiger partial charge < -0.3 is 0 Å². The van der Waals surface area contributed by atoms with Crippen LogP contribution in [-0.2, 0) is 0 Å². The fraction of sp³-hybridized carbons (Fsp3) is 1.00. The van der Waals surface area contributed by atoms with Crippen molar-refractivity contribution in [3.63, 3.8) is 0 Å². The lowest BCUT2D eigenvalue weighted by atomic mass is 10.1. The molecule has 0 N–H and O–H groups in total. The first-order chi connectivity index (χ1) is 8.33. The van der Waals surface area contributed by atoms with E-state index >= 15 is 0 Å². The van der Waals surface area contributed by atoms with Crippen LogP contribution in [0.25, 0.3) is 0 Å². The smallest absolute Gasteiger partial charge is 0.0265 e. The van der Waals surface area contributed by atoms with Crippen LogP contribution in [0.2, 0.25) is 0 Å². The summed E-state index contributed by atoms with van der Waals surface area (Å²) in [7, 11) is 0. The molecule has 17 heavy (non-hydrogen) atoms.